The molecule has 14 aromatic carbocycles. The molecule has 5 heteroatoms. The van der Waals surface area contributed by atoms with Gasteiger partial charge in [0.15, 0.2) is 0 Å². The topological polar surface area (TPSA) is 36.9 Å². The van der Waals surface area contributed by atoms with Crippen LogP contribution in [0.5, 0.6) is 46.0 Å². The lowest BCUT2D eigenvalue weighted by atomic mass is 9.34. The second kappa shape index (κ2) is 17.3. The third-order valence-corrected chi connectivity index (χ3v) is 14.9. The van der Waals surface area contributed by atoms with Crippen molar-refractivity contribution in [2.45, 2.75) is 7.43 Å². The molecule has 2 heterocycles. The normalized spacial score (nSPS) is 12.1. The second-order valence-electron chi connectivity index (χ2n) is 19.0. The summed E-state index contributed by atoms with van der Waals surface area (Å²) in [5.74, 6) is 6.65. The van der Waals surface area contributed by atoms with Gasteiger partial charge >= 0.3 is 0 Å². The van der Waals surface area contributed by atoms with Gasteiger partial charge in [0.05, 0.1) is 0 Å². The molecule has 0 spiro atoms. The molecule has 4 nitrogen and oxygen atoms in total. The van der Waals surface area contributed by atoms with Crippen LogP contribution in [0.4, 0.5) is 0 Å². The molecule has 0 radical (unpaired) electrons. The van der Waals surface area contributed by atoms with E-state index in [0.29, 0.717) is 0 Å². The Balaban J connectivity index is 0.000000135. The number of ether oxygens (including phenoxy) is 4. The first-order valence-corrected chi connectivity index (χ1v) is 24.8. The van der Waals surface area contributed by atoms with Gasteiger partial charge in [-0.1, -0.05) is 189 Å². The van der Waals surface area contributed by atoms with Gasteiger partial charge in [0.2, 0.25) is 0 Å². The Morgan fingerprint density at radius 1 is 0.297 bits per heavy atom. The van der Waals surface area contributed by atoms with Gasteiger partial charge in [0.1, 0.15) is 46.0 Å². The Morgan fingerprint density at radius 3 is 1.32 bits per heavy atom. The van der Waals surface area contributed by atoms with Crippen LogP contribution in [-0.2, 0) is 0 Å². The Morgan fingerprint density at radius 2 is 0.743 bits per heavy atom. The summed E-state index contributed by atoms with van der Waals surface area (Å²) in [5.41, 5.74) is 7.91. The largest absolute Gasteiger partial charge is 0.458 e. The predicted octanol–water partition coefficient (Wildman–Crippen LogP) is 17.5. The molecule has 0 unspecified atom stereocenters. The van der Waals surface area contributed by atoms with E-state index in [0.717, 1.165) is 68.1 Å². The van der Waals surface area contributed by atoms with E-state index in [-0.39, 0.29) is 14.1 Å². The molecule has 2 aliphatic rings. The van der Waals surface area contributed by atoms with Crippen molar-refractivity contribution in [1.29, 1.82) is 0 Å². The fraction of sp³-hybridized carbons (Fsp3) is 0.0145. The minimum atomic E-state index is 0. The lowest BCUT2D eigenvalue weighted by Crippen LogP contribution is -2.57. The molecule has 2 aliphatic heterocycles. The highest BCUT2D eigenvalue weighted by molar-refractivity contribution is 6.98. The van der Waals surface area contributed by atoms with E-state index in [1.807, 2.05) is 78.9 Å². The van der Waals surface area contributed by atoms with Crippen LogP contribution in [0.15, 0.2) is 249 Å². The van der Waals surface area contributed by atoms with Crippen LogP contribution in [0.1, 0.15) is 7.43 Å². The number of rotatable bonds is 6. The van der Waals surface area contributed by atoms with E-state index in [1.165, 1.54) is 81.1 Å². The highest BCUT2D eigenvalue weighted by atomic mass is 16.5. The summed E-state index contributed by atoms with van der Waals surface area (Å²) in [6, 6.07) is 86.7. The molecule has 0 amide bonds. The van der Waals surface area contributed by atoms with E-state index in [2.05, 4.69) is 170 Å². The fourth-order valence-electron chi connectivity index (χ4n) is 11.7. The first-order chi connectivity index (χ1) is 36.2. The van der Waals surface area contributed by atoms with E-state index >= 15 is 0 Å². The van der Waals surface area contributed by atoms with Crippen molar-refractivity contribution in [2.24, 2.45) is 0 Å². The quantitative estimate of drug-likeness (QED) is 0.123. The molecule has 0 aromatic heterocycles. The zero-order chi connectivity index (χ0) is 48.0. The first kappa shape index (κ1) is 43.2. The molecule has 74 heavy (non-hydrogen) atoms. The fourth-order valence-corrected chi connectivity index (χ4v) is 11.7. The molecule has 0 N–H and O–H groups in total. The SMILES string of the molecule is C.c1ccc(Oc2ccc(-c3ccc4ccc5cccc6ccc3c4c56)c(Oc3ccccc3)c2)cc1.c1ccc2c(c1)Oc1ccc(-c3ccc4ccc5cccc6ccc3c4c56)c3c1B2c1ccccc1O3. The molecule has 0 aliphatic carbocycles. The highest BCUT2D eigenvalue weighted by Gasteiger charge is 2.41. The van der Waals surface area contributed by atoms with Gasteiger partial charge in [0.25, 0.3) is 6.71 Å². The number of fused-ring (bicyclic) bond motifs is 4. The molecule has 0 bridgehead atoms. The van der Waals surface area contributed by atoms with Gasteiger partial charge in [-0.25, -0.2) is 0 Å². The van der Waals surface area contributed by atoms with Crippen molar-refractivity contribution in [3.8, 4) is 68.2 Å². The van der Waals surface area contributed by atoms with Gasteiger partial charge in [-0.15, -0.1) is 0 Å². The summed E-state index contributed by atoms with van der Waals surface area (Å²) >= 11 is 0. The van der Waals surface area contributed by atoms with Crippen LogP contribution in [0.3, 0.4) is 0 Å². The number of benzene rings is 14. The standard InChI is InChI=1S/C34H19BO2.C34H22O2.CH4/c1-3-10-28-26(8-1)35-27-9-2-4-11-29(27)37-34-25(18-19-30(36-28)33(34)35)23-16-14-22-13-12-20-6-5-7-21-15-17-24(23)32(22)31(20)21;1-3-10-26(11-4-1)35-28-18-21-30(32(22-28)36-27-12-5-2-6-13-27)29-19-16-25-15-14-23-8-7-9-24-17-20-31(29)34(25)33(23)24;/h1-19H;1-22H;1H4. The molecule has 16 rings (SSSR count). The van der Waals surface area contributed by atoms with Gasteiger partial charge in [0, 0.05) is 22.7 Å². The molecular weight excluding hydrogens is 904 g/mol. The van der Waals surface area contributed by atoms with E-state index in [4.69, 9.17) is 18.9 Å². The van der Waals surface area contributed by atoms with Crippen LogP contribution < -0.4 is 35.3 Å². The molecule has 14 aromatic rings. The van der Waals surface area contributed by atoms with Crippen molar-refractivity contribution >= 4 is 87.7 Å². The summed E-state index contributed by atoms with van der Waals surface area (Å²) < 4.78 is 25.8. The maximum Gasteiger partial charge on any atom is 0.260 e. The van der Waals surface area contributed by atoms with Crippen LogP contribution in [0.2, 0.25) is 0 Å². The van der Waals surface area contributed by atoms with E-state index < -0.39 is 0 Å². The van der Waals surface area contributed by atoms with Gasteiger partial charge < -0.3 is 18.9 Å². The zero-order valence-electron chi connectivity index (χ0n) is 39.4. The summed E-state index contributed by atoms with van der Waals surface area (Å²) in [4.78, 5) is 0. The van der Waals surface area contributed by atoms with E-state index in [9.17, 15) is 0 Å². The van der Waals surface area contributed by atoms with Crippen LogP contribution >= 0.6 is 0 Å². The Hall–Kier alpha value is -9.58. The number of hydrogen-bond donors (Lipinski definition) is 0. The monoisotopic (exact) mass is 948 g/mol. The molecule has 0 fully saturated rings. The Bertz CT molecular complexity index is 4410. The number of para-hydroxylation sites is 4. The first-order valence-electron chi connectivity index (χ1n) is 24.8. The lowest BCUT2D eigenvalue weighted by molar-refractivity contribution is 0.461. The van der Waals surface area contributed by atoms with E-state index in [1.54, 1.807) is 0 Å². The predicted molar refractivity (Wildman–Crippen MR) is 309 cm³/mol. The maximum atomic E-state index is 6.74. The van der Waals surface area contributed by atoms with Gasteiger partial charge in [-0.2, -0.15) is 0 Å². The lowest BCUT2D eigenvalue weighted by Gasteiger charge is -2.34. The van der Waals surface area contributed by atoms with Gasteiger partial charge in [-0.3, -0.25) is 0 Å². The third kappa shape index (κ3) is 6.92. The Kier molecular flexibility index (Phi) is 10.1. The minimum absolute atomic E-state index is 0. The molecule has 0 saturated carbocycles. The molecule has 0 atom stereocenters. The van der Waals surface area contributed by atoms with Crippen LogP contribution in [-0.4, -0.2) is 6.71 Å². The van der Waals surface area contributed by atoms with Gasteiger partial charge in [-0.05, 0) is 147 Å². The zero-order valence-corrected chi connectivity index (χ0v) is 39.4. The van der Waals surface area contributed by atoms with Crippen LogP contribution in [0, 0.1) is 0 Å². The third-order valence-electron chi connectivity index (χ3n) is 14.9. The second-order valence-corrected chi connectivity index (χ2v) is 19.0. The summed E-state index contributed by atoms with van der Waals surface area (Å²) in [6.45, 7) is 0.0691. The van der Waals surface area contributed by atoms with Crippen molar-refractivity contribution in [2.75, 3.05) is 0 Å². The molecular formula is C69H45BO4. The number of hydrogen-bond acceptors (Lipinski definition) is 4. The molecule has 348 valence electrons. The summed E-state index contributed by atoms with van der Waals surface area (Å²) in [5, 5.41) is 15.3. The van der Waals surface area contributed by atoms with Crippen molar-refractivity contribution in [3.63, 3.8) is 0 Å². The molecule has 0 saturated heterocycles. The van der Waals surface area contributed by atoms with Crippen LogP contribution in [0.25, 0.3) is 86.9 Å². The smallest absolute Gasteiger partial charge is 0.260 e. The van der Waals surface area contributed by atoms with Crippen molar-refractivity contribution in [3.05, 3.63) is 249 Å². The summed E-state index contributed by atoms with van der Waals surface area (Å²) in [7, 11) is 0. The average molecular weight is 949 g/mol. The van der Waals surface area contributed by atoms with Crippen molar-refractivity contribution < 1.29 is 18.9 Å². The minimum Gasteiger partial charge on any atom is -0.458 e. The average Bonchev–Trinajstić information content (AvgIpc) is 3.45. The highest BCUT2D eigenvalue weighted by Crippen LogP contribution is 2.47. The summed E-state index contributed by atoms with van der Waals surface area (Å²) in [6.07, 6.45) is 0. The Labute approximate surface area is 429 Å². The van der Waals surface area contributed by atoms with Crippen molar-refractivity contribution in [1.82, 2.24) is 0 Å². The maximum absolute atomic E-state index is 6.74.